The van der Waals surface area contributed by atoms with E-state index < -0.39 is 18.6 Å². The molecule has 2 aliphatic rings. The quantitative estimate of drug-likeness (QED) is 0.605. The number of hydrogen-bond donors (Lipinski definition) is 0. The molecule has 0 aliphatic carbocycles. The van der Waals surface area contributed by atoms with E-state index in [0.29, 0.717) is 6.61 Å². The van der Waals surface area contributed by atoms with Gasteiger partial charge in [0.1, 0.15) is 12.7 Å². The number of alkyl halides is 2. The highest BCUT2D eigenvalue weighted by Crippen LogP contribution is 2.41. The fourth-order valence-corrected chi connectivity index (χ4v) is 1.89. The number of hydrogen-bond acceptors (Lipinski definition) is 2. The van der Waals surface area contributed by atoms with E-state index in [4.69, 9.17) is 9.47 Å². The molecule has 2 nitrogen and oxygen atoms in total. The van der Waals surface area contributed by atoms with E-state index in [-0.39, 0.29) is 12.0 Å². The average Bonchev–Trinajstić information content (AvgIpc) is 2.53. The summed E-state index contributed by atoms with van der Waals surface area (Å²) in [5.74, 6) is -2.61. The van der Waals surface area contributed by atoms with Crippen molar-refractivity contribution in [3.05, 3.63) is 0 Å². The van der Waals surface area contributed by atoms with Crippen molar-refractivity contribution in [2.45, 2.75) is 31.5 Å². The molecule has 2 saturated heterocycles. The van der Waals surface area contributed by atoms with Crippen molar-refractivity contribution in [2.75, 3.05) is 13.2 Å². The van der Waals surface area contributed by atoms with Crippen molar-refractivity contribution in [3.8, 4) is 0 Å². The first-order chi connectivity index (χ1) is 5.65. The van der Waals surface area contributed by atoms with Gasteiger partial charge in [-0.1, -0.05) is 6.92 Å². The first-order valence-electron chi connectivity index (χ1n) is 4.26. The van der Waals surface area contributed by atoms with E-state index in [9.17, 15) is 8.78 Å². The highest BCUT2D eigenvalue weighted by atomic mass is 19.3. The SMILES string of the molecule is CC[C@H]1CO[C@@H]2[C@H]1OCC2(F)F. The molecular weight excluding hydrogens is 166 g/mol. The lowest BCUT2D eigenvalue weighted by Crippen LogP contribution is -2.34. The van der Waals surface area contributed by atoms with Crippen LogP contribution >= 0.6 is 0 Å². The maximum Gasteiger partial charge on any atom is 0.299 e. The Morgan fingerprint density at radius 2 is 2.17 bits per heavy atom. The van der Waals surface area contributed by atoms with E-state index in [0.717, 1.165) is 6.42 Å². The molecule has 4 heteroatoms. The van der Waals surface area contributed by atoms with E-state index in [2.05, 4.69) is 0 Å². The van der Waals surface area contributed by atoms with Gasteiger partial charge in [-0.15, -0.1) is 0 Å². The third-order valence-corrected chi connectivity index (χ3v) is 2.66. The highest BCUT2D eigenvalue weighted by molar-refractivity contribution is 4.98. The standard InChI is InChI=1S/C8H12F2O2/c1-2-5-3-11-7-6(5)12-4-8(7,9)10/h5-7H,2-4H2,1H3/t5-,6-,7+/m0/s1. The number of rotatable bonds is 1. The summed E-state index contributed by atoms with van der Waals surface area (Å²) in [6.45, 7) is 1.91. The van der Waals surface area contributed by atoms with Gasteiger partial charge in [0.25, 0.3) is 5.92 Å². The first-order valence-corrected chi connectivity index (χ1v) is 4.26. The zero-order valence-electron chi connectivity index (χ0n) is 6.93. The van der Waals surface area contributed by atoms with E-state index in [1.807, 2.05) is 6.92 Å². The van der Waals surface area contributed by atoms with Gasteiger partial charge in [-0.3, -0.25) is 0 Å². The Bertz CT molecular complexity index is 184. The molecule has 2 fully saturated rings. The summed E-state index contributed by atoms with van der Waals surface area (Å²) in [4.78, 5) is 0. The molecule has 12 heavy (non-hydrogen) atoms. The van der Waals surface area contributed by atoms with E-state index in [1.165, 1.54) is 0 Å². The first kappa shape index (κ1) is 8.38. The molecule has 2 aliphatic heterocycles. The van der Waals surface area contributed by atoms with Gasteiger partial charge in [0.15, 0.2) is 0 Å². The van der Waals surface area contributed by atoms with Crippen LogP contribution < -0.4 is 0 Å². The molecule has 0 aromatic heterocycles. The lowest BCUT2D eigenvalue weighted by molar-refractivity contribution is -0.0955. The minimum Gasteiger partial charge on any atom is -0.369 e. The van der Waals surface area contributed by atoms with Gasteiger partial charge in [-0.25, -0.2) is 8.78 Å². The molecule has 0 N–H and O–H groups in total. The van der Waals surface area contributed by atoms with Crippen molar-refractivity contribution in [1.29, 1.82) is 0 Å². The fraction of sp³-hybridized carbons (Fsp3) is 1.00. The molecule has 0 aromatic rings. The molecule has 0 spiro atoms. The molecular formula is C8H12F2O2. The summed E-state index contributed by atoms with van der Waals surface area (Å²) in [5, 5.41) is 0. The summed E-state index contributed by atoms with van der Waals surface area (Å²) in [7, 11) is 0. The van der Waals surface area contributed by atoms with Gasteiger partial charge in [0.05, 0.1) is 12.7 Å². The Kier molecular flexibility index (Phi) is 1.84. The predicted octanol–water partition coefficient (Wildman–Crippen LogP) is 1.45. The van der Waals surface area contributed by atoms with Gasteiger partial charge in [-0.2, -0.15) is 0 Å². The van der Waals surface area contributed by atoms with Crippen molar-refractivity contribution < 1.29 is 18.3 Å². The minimum absolute atomic E-state index is 0.156. The van der Waals surface area contributed by atoms with Crippen molar-refractivity contribution in [3.63, 3.8) is 0 Å². The number of halogens is 2. The summed E-state index contributed by atoms with van der Waals surface area (Å²) in [5.41, 5.74) is 0. The largest absolute Gasteiger partial charge is 0.369 e. The van der Waals surface area contributed by atoms with Crippen LogP contribution in [0.1, 0.15) is 13.3 Å². The predicted molar refractivity (Wildman–Crippen MR) is 38.2 cm³/mol. The van der Waals surface area contributed by atoms with Gasteiger partial charge in [0, 0.05) is 5.92 Å². The minimum atomic E-state index is -2.77. The summed E-state index contributed by atoms with van der Waals surface area (Å²) in [6.07, 6.45) is -0.510. The molecule has 70 valence electrons. The van der Waals surface area contributed by atoms with E-state index in [1.54, 1.807) is 0 Å². The molecule has 0 bridgehead atoms. The monoisotopic (exact) mass is 178 g/mol. The second-order valence-electron chi connectivity index (χ2n) is 3.46. The third kappa shape index (κ3) is 1.05. The van der Waals surface area contributed by atoms with Gasteiger partial charge in [0.2, 0.25) is 0 Å². The number of ether oxygens (including phenoxy) is 2. The lowest BCUT2D eigenvalue weighted by Gasteiger charge is -2.14. The Morgan fingerprint density at radius 1 is 1.42 bits per heavy atom. The Balaban J connectivity index is 2.11. The maximum absolute atomic E-state index is 13.0. The summed E-state index contributed by atoms with van der Waals surface area (Å²) in [6, 6.07) is 0. The smallest absolute Gasteiger partial charge is 0.299 e. The summed E-state index contributed by atoms with van der Waals surface area (Å²) < 4.78 is 36.0. The maximum atomic E-state index is 13.0. The van der Waals surface area contributed by atoms with Crippen LogP contribution in [0.3, 0.4) is 0 Å². The molecule has 2 rings (SSSR count). The van der Waals surface area contributed by atoms with Crippen LogP contribution in [0.4, 0.5) is 8.78 Å². The number of fused-ring (bicyclic) bond motifs is 1. The Hall–Kier alpha value is -0.220. The highest BCUT2D eigenvalue weighted by Gasteiger charge is 2.57. The van der Waals surface area contributed by atoms with Crippen LogP contribution in [0.25, 0.3) is 0 Å². The van der Waals surface area contributed by atoms with Crippen LogP contribution in [0.5, 0.6) is 0 Å². The normalized spacial score (nSPS) is 44.8. The van der Waals surface area contributed by atoms with Crippen LogP contribution in [0, 0.1) is 5.92 Å². The topological polar surface area (TPSA) is 18.5 Å². The second-order valence-corrected chi connectivity index (χ2v) is 3.46. The summed E-state index contributed by atoms with van der Waals surface area (Å²) >= 11 is 0. The van der Waals surface area contributed by atoms with Crippen LogP contribution in [0.15, 0.2) is 0 Å². The average molecular weight is 178 g/mol. The Labute approximate surface area is 69.8 Å². The molecule has 0 aromatic carbocycles. The molecule has 0 radical (unpaired) electrons. The van der Waals surface area contributed by atoms with Crippen LogP contribution in [-0.4, -0.2) is 31.3 Å². The molecule has 3 atom stereocenters. The molecule has 0 unspecified atom stereocenters. The van der Waals surface area contributed by atoms with Crippen molar-refractivity contribution >= 4 is 0 Å². The van der Waals surface area contributed by atoms with Crippen LogP contribution in [-0.2, 0) is 9.47 Å². The Morgan fingerprint density at radius 3 is 2.83 bits per heavy atom. The molecule has 0 saturated carbocycles. The third-order valence-electron chi connectivity index (χ3n) is 2.66. The van der Waals surface area contributed by atoms with Crippen LogP contribution in [0.2, 0.25) is 0 Å². The van der Waals surface area contributed by atoms with Gasteiger partial charge in [-0.05, 0) is 6.42 Å². The lowest BCUT2D eigenvalue weighted by atomic mass is 9.98. The zero-order chi connectivity index (χ0) is 8.77. The zero-order valence-corrected chi connectivity index (χ0v) is 6.93. The van der Waals surface area contributed by atoms with Crippen molar-refractivity contribution in [2.24, 2.45) is 5.92 Å². The van der Waals surface area contributed by atoms with Gasteiger partial charge < -0.3 is 9.47 Å². The molecule has 0 amide bonds. The fourth-order valence-electron chi connectivity index (χ4n) is 1.89. The molecule has 2 heterocycles. The second kappa shape index (κ2) is 2.64. The van der Waals surface area contributed by atoms with Gasteiger partial charge >= 0.3 is 0 Å². The van der Waals surface area contributed by atoms with E-state index >= 15 is 0 Å². The van der Waals surface area contributed by atoms with Crippen molar-refractivity contribution in [1.82, 2.24) is 0 Å².